The van der Waals surface area contributed by atoms with E-state index in [9.17, 15) is 4.79 Å². The molecule has 30 heavy (non-hydrogen) atoms. The van der Waals surface area contributed by atoms with Crippen molar-refractivity contribution < 1.29 is 9.53 Å². The van der Waals surface area contributed by atoms with Crippen LogP contribution in [0.1, 0.15) is 27.9 Å². The topological polar surface area (TPSA) is 84.8 Å². The van der Waals surface area contributed by atoms with Gasteiger partial charge in [-0.3, -0.25) is 9.89 Å². The number of benzene rings is 2. The Morgan fingerprint density at radius 1 is 1.20 bits per heavy atom. The van der Waals surface area contributed by atoms with Crippen LogP contribution in [-0.4, -0.2) is 32.8 Å². The van der Waals surface area contributed by atoms with Gasteiger partial charge in [-0.2, -0.15) is 5.10 Å². The van der Waals surface area contributed by atoms with Crippen LogP contribution in [-0.2, 0) is 7.05 Å². The van der Waals surface area contributed by atoms with Crippen molar-refractivity contribution in [2.45, 2.75) is 6.04 Å². The Balaban J connectivity index is 1.64. The molecule has 152 valence electrons. The van der Waals surface area contributed by atoms with Gasteiger partial charge < -0.3 is 14.6 Å². The van der Waals surface area contributed by atoms with Crippen LogP contribution in [0, 0.1) is 0 Å². The van der Waals surface area contributed by atoms with Crippen molar-refractivity contribution in [3.63, 3.8) is 0 Å². The molecule has 0 radical (unpaired) electrons. The molecule has 2 aromatic heterocycles. The van der Waals surface area contributed by atoms with Crippen molar-refractivity contribution >= 4 is 21.8 Å². The van der Waals surface area contributed by atoms with Crippen LogP contribution >= 0.6 is 15.9 Å². The van der Waals surface area contributed by atoms with Crippen molar-refractivity contribution in [3.05, 3.63) is 88.5 Å². The van der Waals surface area contributed by atoms with Crippen molar-refractivity contribution in [3.8, 4) is 17.0 Å². The number of hydrogen-bond donors (Lipinski definition) is 2. The summed E-state index contributed by atoms with van der Waals surface area (Å²) in [4.78, 5) is 17.5. The van der Waals surface area contributed by atoms with E-state index in [0.717, 1.165) is 15.6 Å². The lowest BCUT2D eigenvalue weighted by molar-refractivity contribution is 0.0935. The molecule has 0 saturated carbocycles. The molecular formula is C22H20BrN5O2. The Morgan fingerprint density at radius 3 is 2.67 bits per heavy atom. The largest absolute Gasteiger partial charge is 0.496 e. The number of H-pyrrole nitrogens is 1. The number of imidazole rings is 1. The average Bonchev–Trinajstić information content (AvgIpc) is 3.42. The smallest absolute Gasteiger partial charge is 0.270 e. The van der Waals surface area contributed by atoms with E-state index in [1.165, 1.54) is 0 Å². The lowest BCUT2D eigenvalue weighted by Crippen LogP contribution is -2.31. The molecule has 0 saturated heterocycles. The third-order valence-electron chi connectivity index (χ3n) is 4.80. The van der Waals surface area contributed by atoms with Gasteiger partial charge in [0.05, 0.1) is 12.8 Å². The summed E-state index contributed by atoms with van der Waals surface area (Å²) in [5.41, 5.74) is 2.79. The SMILES string of the molecule is COc1ccccc1C(NC(=O)c1cc(-c2ccc(Br)cc2)n[nH]1)c1nccn1C. The Labute approximate surface area is 182 Å². The number of halogens is 1. The van der Waals surface area contributed by atoms with E-state index in [0.29, 0.717) is 23.0 Å². The quantitative estimate of drug-likeness (QED) is 0.448. The van der Waals surface area contributed by atoms with Crippen molar-refractivity contribution in [2.75, 3.05) is 7.11 Å². The Kier molecular flexibility index (Phi) is 5.67. The molecule has 0 aliphatic rings. The van der Waals surface area contributed by atoms with Crippen LogP contribution in [0.2, 0.25) is 0 Å². The number of aryl methyl sites for hydroxylation is 1. The summed E-state index contributed by atoms with van der Waals surface area (Å²) in [5, 5.41) is 10.2. The van der Waals surface area contributed by atoms with Gasteiger partial charge in [0.15, 0.2) is 0 Å². The zero-order chi connectivity index (χ0) is 21.1. The Bertz CT molecular complexity index is 1170. The summed E-state index contributed by atoms with van der Waals surface area (Å²) in [7, 11) is 3.49. The molecule has 1 amide bonds. The number of carbonyl (C=O) groups is 1. The fraction of sp³-hybridized carbons (Fsp3) is 0.136. The maximum Gasteiger partial charge on any atom is 0.270 e. The number of aromatic amines is 1. The van der Waals surface area contributed by atoms with Gasteiger partial charge in [0, 0.05) is 35.0 Å². The standard InChI is InChI=1S/C22H20BrN5O2/c1-28-12-11-24-21(28)20(16-5-3-4-6-19(16)30-2)25-22(29)18-13-17(26-27-18)14-7-9-15(23)10-8-14/h3-13,20H,1-2H3,(H,25,29)(H,26,27). The molecule has 2 aromatic carbocycles. The number of rotatable bonds is 6. The first-order chi connectivity index (χ1) is 14.6. The fourth-order valence-electron chi connectivity index (χ4n) is 3.26. The van der Waals surface area contributed by atoms with Crippen molar-refractivity contribution in [1.82, 2.24) is 25.1 Å². The molecule has 8 heteroatoms. The van der Waals surface area contributed by atoms with Gasteiger partial charge in [0.2, 0.25) is 0 Å². The van der Waals surface area contributed by atoms with Crippen LogP contribution < -0.4 is 10.1 Å². The molecule has 7 nitrogen and oxygen atoms in total. The highest BCUT2D eigenvalue weighted by Gasteiger charge is 2.25. The first-order valence-corrected chi connectivity index (χ1v) is 10.1. The van der Waals surface area contributed by atoms with Gasteiger partial charge in [0.25, 0.3) is 5.91 Å². The minimum atomic E-state index is -0.493. The summed E-state index contributed by atoms with van der Waals surface area (Å²) in [6.07, 6.45) is 3.54. The second-order valence-electron chi connectivity index (χ2n) is 6.72. The number of carbonyl (C=O) groups excluding carboxylic acids is 1. The maximum atomic E-state index is 13.1. The van der Waals surface area contributed by atoms with Crippen molar-refractivity contribution in [1.29, 1.82) is 0 Å². The Hall–Kier alpha value is -3.39. The summed E-state index contributed by atoms with van der Waals surface area (Å²) in [6.45, 7) is 0. The normalized spacial score (nSPS) is 11.8. The highest BCUT2D eigenvalue weighted by molar-refractivity contribution is 9.10. The van der Waals surface area contributed by atoms with Crippen molar-refractivity contribution in [2.24, 2.45) is 7.05 Å². The molecular weight excluding hydrogens is 446 g/mol. The highest BCUT2D eigenvalue weighted by Crippen LogP contribution is 2.29. The molecule has 1 unspecified atom stereocenters. The Morgan fingerprint density at radius 2 is 1.97 bits per heavy atom. The second-order valence-corrected chi connectivity index (χ2v) is 7.63. The van der Waals surface area contributed by atoms with Crippen LogP contribution in [0.15, 0.2) is 71.5 Å². The van der Waals surface area contributed by atoms with Crippen LogP contribution in [0.3, 0.4) is 0 Å². The first-order valence-electron chi connectivity index (χ1n) is 9.29. The predicted octanol–water partition coefficient (Wildman–Crippen LogP) is 4.10. The molecule has 0 spiro atoms. The minimum absolute atomic E-state index is 0.287. The highest BCUT2D eigenvalue weighted by atomic mass is 79.9. The number of nitrogens with one attached hydrogen (secondary N) is 2. The predicted molar refractivity (Wildman–Crippen MR) is 117 cm³/mol. The van der Waals surface area contributed by atoms with Crippen LogP contribution in [0.25, 0.3) is 11.3 Å². The van der Waals surface area contributed by atoms with Crippen LogP contribution in [0.4, 0.5) is 0 Å². The van der Waals surface area contributed by atoms with E-state index in [1.54, 1.807) is 19.4 Å². The maximum absolute atomic E-state index is 13.1. The molecule has 2 N–H and O–H groups in total. The number of para-hydroxylation sites is 1. The molecule has 0 bridgehead atoms. The van der Waals surface area contributed by atoms with Gasteiger partial charge >= 0.3 is 0 Å². The second kappa shape index (κ2) is 8.54. The molecule has 2 heterocycles. The number of hydrogen-bond acceptors (Lipinski definition) is 4. The molecule has 4 aromatic rings. The van der Waals surface area contributed by atoms with E-state index in [-0.39, 0.29) is 5.91 Å². The average molecular weight is 466 g/mol. The zero-order valence-corrected chi connectivity index (χ0v) is 18.1. The zero-order valence-electron chi connectivity index (χ0n) is 16.5. The lowest BCUT2D eigenvalue weighted by atomic mass is 10.0. The van der Waals surface area contributed by atoms with Gasteiger partial charge in [-0.05, 0) is 24.3 Å². The summed E-state index contributed by atoms with van der Waals surface area (Å²) >= 11 is 3.42. The monoisotopic (exact) mass is 465 g/mol. The number of amides is 1. The molecule has 0 aliphatic heterocycles. The van der Waals surface area contributed by atoms with E-state index in [2.05, 4.69) is 36.4 Å². The van der Waals surface area contributed by atoms with Gasteiger partial charge in [0.1, 0.15) is 23.3 Å². The van der Waals surface area contributed by atoms with E-state index in [4.69, 9.17) is 4.74 Å². The molecule has 0 aliphatic carbocycles. The van der Waals surface area contributed by atoms with Gasteiger partial charge in [-0.1, -0.05) is 46.3 Å². The minimum Gasteiger partial charge on any atom is -0.496 e. The molecule has 1 atom stereocenters. The lowest BCUT2D eigenvalue weighted by Gasteiger charge is -2.20. The third kappa shape index (κ3) is 3.99. The van der Waals surface area contributed by atoms with Gasteiger partial charge in [-0.15, -0.1) is 0 Å². The molecule has 0 fully saturated rings. The number of methoxy groups -OCH3 is 1. The number of ether oxygens (including phenoxy) is 1. The van der Waals surface area contributed by atoms with E-state index < -0.39 is 6.04 Å². The van der Waals surface area contributed by atoms with E-state index >= 15 is 0 Å². The molecule has 4 rings (SSSR count). The summed E-state index contributed by atoms with van der Waals surface area (Å²) < 4.78 is 8.36. The number of nitrogens with zero attached hydrogens (tertiary/aromatic N) is 3. The van der Waals surface area contributed by atoms with Crippen LogP contribution in [0.5, 0.6) is 5.75 Å². The first kappa shape index (κ1) is 19.9. The third-order valence-corrected chi connectivity index (χ3v) is 5.33. The fourth-order valence-corrected chi connectivity index (χ4v) is 3.52. The number of aromatic nitrogens is 4. The van der Waals surface area contributed by atoms with E-state index in [1.807, 2.05) is 66.3 Å². The summed E-state index contributed by atoms with van der Waals surface area (Å²) in [6, 6.07) is 16.6. The van der Waals surface area contributed by atoms with Gasteiger partial charge in [-0.25, -0.2) is 4.98 Å². The summed E-state index contributed by atoms with van der Waals surface area (Å²) in [5.74, 6) is 1.08.